The molecular formula is C20H24F4N4O3. The summed E-state index contributed by atoms with van der Waals surface area (Å²) < 4.78 is 61.5. The summed E-state index contributed by atoms with van der Waals surface area (Å²) in [5.74, 6) is -1.59. The summed E-state index contributed by atoms with van der Waals surface area (Å²) in [5.41, 5.74) is 0.118. The van der Waals surface area contributed by atoms with Gasteiger partial charge >= 0.3 is 12.1 Å². The average molecular weight is 444 g/mol. The Hall–Kier alpha value is -2.69. The van der Waals surface area contributed by atoms with Gasteiger partial charge in [-0.05, 0) is 45.0 Å². The van der Waals surface area contributed by atoms with E-state index in [4.69, 9.17) is 4.74 Å². The van der Waals surface area contributed by atoms with Crippen LogP contribution in [0.15, 0.2) is 16.7 Å². The van der Waals surface area contributed by atoms with Crippen molar-refractivity contribution in [2.24, 2.45) is 5.92 Å². The third-order valence-electron chi connectivity index (χ3n) is 5.23. The van der Waals surface area contributed by atoms with Crippen molar-refractivity contribution in [3.8, 4) is 17.1 Å². The summed E-state index contributed by atoms with van der Waals surface area (Å²) in [5, 5.41) is 3.22. The standard InChI is InChI=1S/C14H11F4N3O3.C6H13N/c1-7-5-23-11-3-8(2-10(15)9(11)4-21(7)6-22)12-19-13(24-20-12)14(16,17)18;1-6-3-4-7(2)5-6/h2-3,6-7H,4-5H2,1H3;6H,3-5H2,1-2H3. The molecule has 31 heavy (non-hydrogen) atoms. The number of aromatic nitrogens is 2. The highest BCUT2D eigenvalue weighted by molar-refractivity contribution is 5.60. The number of carbonyl (C=O) groups excluding carboxylic acids is 1. The molecule has 0 bridgehead atoms. The first kappa shape index (κ1) is 23.0. The van der Waals surface area contributed by atoms with Crippen LogP contribution >= 0.6 is 0 Å². The molecule has 1 fully saturated rings. The van der Waals surface area contributed by atoms with E-state index in [-0.39, 0.29) is 36.1 Å². The lowest BCUT2D eigenvalue weighted by atomic mass is 10.1. The number of amides is 1. The van der Waals surface area contributed by atoms with E-state index in [0.29, 0.717) is 6.41 Å². The molecule has 1 amide bonds. The molecule has 2 atom stereocenters. The zero-order valence-electron chi connectivity index (χ0n) is 17.4. The van der Waals surface area contributed by atoms with Crippen molar-refractivity contribution in [3.63, 3.8) is 0 Å². The number of rotatable bonds is 2. The second-order valence-electron chi connectivity index (χ2n) is 7.95. The van der Waals surface area contributed by atoms with Crippen LogP contribution in [0.3, 0.4) is 0 Å². The van der Waals surface area contributed by atoms with Gasteiger partial charge in [0.1, 0.15) is 18.2 Å². The van der Waals surface area contributed by atoms with Crippen LogP contribution < -0.4 is 4.74 Å². The lowest BCUT2D eigenvalue weighted by molar-refractivity contribution is -0.159. The van der Waals surface area contributed by atoms with Crippen LogP contribution in [0.1, 0.15) is 31.7 Å². The van der Waals surface area contributed by atoms with E-state index >= 15 is 0 Å². The fourth-order valence-electron chi connectivity index (χ4n) is 3.42. The quantitative estimate of drug-likeness (QED) is 0.521. The Balaban J connectivity index is 0.000000330. The van der Waals surface area contributed by atoms with E-state index in [1.165, 1.54) is 30.5 Å². The topological polar surface area (TPSA) is 71.7 Å². The van der Waals surface area contributed by atoms with Gasteiger partial charge in [-0.2, -0.15) is 18.2 Å². The van der Waals surface area contributed by atoms with E-state index in [1.54, 1.807) is 6.92 Å². The van der Waals surface area contributed by atoms with E-state index in [0.717, 1.165) is 12.0 Å². The summed E-state index contributed by atoms with van der Waals surface area (Å²) in [6.45, 7) is 6.76. The zero-order chi connectivity index (χ0) is 22.8. The van der Waals surface area contributed by atoms with E-state index in [9.17, 15) is 22.4 Å². The smallest absolute Gasteiger partial charge is 0.471 e. The van der Waals surface area contributed by atoms with Gasteiger partial charge in [0.15, 0.2) is 0 Å². The number of nitrogens with zero attached hydrogens (tertiary/aromatic N) is 4. The molecule has 4 rings (SSSR count). The number of benzene rings is 1. The van der Waals surface area contributed by atoms with Crippen molar-refractivity contribution in [3.05, 3.63) is 29.4 Å². The number of hydrogen-bond donors (Lipinski definition) is 0. The molecule has 7 nitrogen and oxygen atoms in total. The number of alkyl halides is 3. The summed E-state index contributed by atoms with van der Waals surface area (Å²) >= 11 is 0. The predicted octanol–water partition coefficient (Wildman–Crippen LogP) is 3.59. The van der Waals surface area contributed by atoms with Crippen molar-refractivity contribution < 1.29 is 31.6 Å². The van der Waals surface area contributed by atoms with Gasteiger partial charge in [0.05, 0.1) is 12.6 Å². The minimum absolute atomic E-state index is 0.00778. The largest absolute Gasteiger partial charge is 0.491 e. The molecule has 2 aliphatic rings. The highest BCUT2D eigenvalue weighted by atomic mass is 19.4. The van der Waals surface area contributed by atoms with Gasteiger partial charge in [-0.3, -0.25) is 4.79 Å². The molecule has 2 aliphatic heterocycles. The summed E-state index contributed by atoms with van der Waals surface area (Å²) in [6, 6.07) is 2.02. The minimum Gasteiger partial charge on any atom is -0.491 e. The first-order valence-electron chi connectivity index (χ1n) is 9.84. The molecule has 1 saturated heterocycles. The maximum Gasteiger partial charge on any atom is 0.471 e. The third-order valence-corrected chi connectivity index (χ3v) is 5.23. The maximum atomic E-state index is 14.3. The number of halogens is 4. The molecule has 1 aromatic carbocycles. The summed E-state index contributed by atoms with van der Waals surface area (Å²) in [6.07, 6.45) is -2.80. The molecule has 3 heterocycles. The second-order valence-corrected chi connectivity index (χ2v) is 7.95. The number of hydrogen-bond acceptors (Lipinski definition) is 6. The van der Waals surface area contributed by atoms with Gasteiger partial charge in [-0.25, -0.2) is 4.39 Å². The van der Waals surface area contributed by atoms with Gasteiger partial charge in [0.2, 0.25) is 12.2 Å². The van der Waals surface area contributed by atoms with Crippen LogP contribution in [-0.4, -0.2) is 59.1 Å². The first-order valence-corrected chi connectivity index (χ1v) is 9.84. The normalized spacial score (nSPS) is 21.6. The van der Waals surface area contributed by atoms with Gasteiger partial charge < -0.3 is 19.1 Å². The van der Waals surface area contributed by atoms with E-state index < -0.39 is 23.7 Å². The van der Waals surface area contributed by atoms with Crippen LogP contribution in [0, 0.1) is 11.7 Å². The SMILES string of the molecule is CC1CCN(C)C1.CC1COc2cc(-c3noc(C(F)(F)F)n3)cc(F)c2CN1C=O. The molecule has 0 aliphatic carbocycles. The number of fused-ring (bicyclic) bond motifs is 1. The minimum atomic E-state index is -4.79. The zero-order valence-corrected chi connectivity index (χ0v) is 17.4. The lowest BCUT2D eigenvalue weighted by Crippen LogP contribution is -2.33. The Morgan fingerprint density at radius 2 is 2.00 bits per heavy atom. The van der Waals surface area contributed by atoms with Crippen molar-refractivity contribution >= 4 is 6.41 Å². The average Bonchev–Trinajstić information content (AvgIpc) is 3.30. The second kappa shape index (κ2) is 9.21. The Morgan fingerprint density at radius 3 is 2.52 bits per heavy atom. The molecule has 170 valence electrons. The van der Waals surface area contributed by atoms with Crippen molar-refractivity contribution in [2.45, 2.75) is 39.0 Å². The number of ether oxygens (including phenoxy) is 1. The maximum absolute atomic E-state index is 14.3. The highest BCUT2D eigenvalue weighted by Gasteiger charge is 2.38. The molecule has 2 unspecified atom stereocenters. The van der Waals surface area contributed by atoms with Crippen molar-refractivity contribution in [1.82, 2.24) is 19.9 Å². The van der Waals surface area contributed by atoms with Crippen LogP contribution in [-0.2, 0) is 17.5 Å². The molecule has 0 saturated carbocycles. The molecule has 2 aromatic rings. The Labute approximate surface area is 177 Å². The first-order chi connectivity index (χ1) is 14.6. The number of likely N-dealkylation sites (tertiary alicyclic amines) is 1. The van der Waals surface area contributed by atoms with Crippen LogP contribution in [0.25, 0.3) is 11.4 Å². The number of carbonyl (C=O) groups is 1. The van der Waals surface area contributed by atoms with Gasteiger partial charge in [-0.15, -0.1) is 0 Å². The van der Waals surface area contributed by atoms with Crippen molar-refractivity contribution in [1.29, 1.82) is 0 Å². The van der Waals surface area contributed by atoms with E-state index in [2.05, 4.69) is 33.5 Å². The Morgan fingerprint density at radius 1 is 1.26 bits per heavy atom. The van der Waals surface area contributed by atoms with Gasteiger partial charge in [-0.1, -0.05) is 12.1 Å². The summed E-state index contributed by atoms with van der Waals surface area (Å²) in [4.78, 5) is 18.0. The monoisotopic (exact) mass is 444 g/mol. The molecule has 1 aromatic heterocycles. The summed E-state index contributed by atoms with van der Waals surface area (Å²) in [7, 11) is 2.18. The van der Waals surface area contributed by atoms with Crippen LogP contribution in [0.5, 0.6) is 5.75 Å². The highest BCUT2D eigenvalue weighted by Crippen LogP contribution is 2.34. The third kappa shape index (κ3) is 5.52. The molecular weight excluding hydrogens is 420 g/mol. The van der Waals surface area contributed by atoms with Crippen LogP contribution in [0.4, 0.5) is 17.6 Å². The molecule has 0 spiro atoms. The van der Waals surface area contributed by atoms with E-state index in [1.807, 2.05) is 0 Å². The molecule has 0 radical (unpaired) electrons. The lowest BCUT2D eigenvalue weighted by Gasteiger charge is -2.20. The van der Waals surface area contributed by atoms with Crippen molar-refractivity contribution in [2.75, 3.05) is 26.7 Å². The Bertz CT molecular complexity index is 910. The molecule has 0 N–H and O–H groups in total. The molecule has 11 heteroatoms. The van der Waals surface area contributed by atoms with Crippen LogP contribution in [0.2, 0.25) is 0 Å². The van der Waals surface area contributed by atoms with Gasteiger partial charge in [0, 0.05) is 17.7 Å². The Kier molecular flexibility index (Phi) is 6.83. The van der Waals surface area contributed by atoms with Gasteiger partial charge in [0.25, 0.3) is 0 Å². The predicted molar refractivity (Wildman–Crippen MR) is 103 cm³/mol. The fraction of sp³-hybridized carbons (Fsp3) is 0.550. The fourth-order valence-corrected chi connectivity index (χ4v) is 3.42.